The first-order valence-electron chi connectivity index (χ1n) is 6.64. The van der Waals surface area contributed by atoms with Crippen LogP contribution in [0.1, 0.15) is 26.6 Å². The van der Waals surface area contributed by atoms with Crippen molar-refractivity contribution in [2.75, 3.05) is 5.73 Å². The normalized spacial score (nSPS) is 10.8. The quantitative estimate of drug-likeness (QED) is 0.760. The second kappa shape index (κ2) is 5.64. The highest BCUT2D eigenvalue weighted by molar-refractivity contribution is 7.21. The van der Waals surface area contributed by atoms with Gasteiger partial charge in [-0.05, 0) is 31.5 Å². The van der Waals surface area contributed by atoms with E-state index in [9.17, 15) is 4.79 Å². The second-order valence-corrected chi connectivity index (χ2v) is 5.83. The summed E-state index contributed by atoms with van der Waals surface area (Å²) in [6, 6.07) is 3.56. The lowest BCUT2D eigenvalue weighted by Gasteiger charge is -2.03. The Balaban J connectivity index is 1.88. The molecule has 1 amide bonds. The summed E-state index contributed by atoms with van der Waals surface area (Å²) in [6.07, 6.45) is 1.58. The van der Waals surface area contributed by atoms with E-state index in [1.807, 2.05) is 13.8 Å². The number of fused-ring (bicyclic) bond motifs is 1. The molecule has 0 aliphatic carbocycles. The van der Waals surface area contributed by atoms with Crippen LogP contribution in [0.3, 0.4) is 0 Å². The molecule has 0 saturated carbocycles. The molecule has 22 heavy (non-hydrogen) atoms. The fourth-order valence-electron chi connectivity index (χ4n) is 2.09. The van der Waals surface area contributed by atoms with Crippen LogP contribution in [-0.4, -0.2) is 26.3 Å². The maximum atomic E-state index is 12.3. The average Bonchev–Trinajstić information content (AvgIpc) is 2.87. The van der Waals surface area contributed by atoms with Crippen molar-refractivity contribution in [3.63, 3.8) is 0 Å². The van der Waals surface area contributed by atoms with Crippen molar-refractivity contribution in [2.24, 2.45) is 0 Å². The molecule has 0 unspecified atom stereocenters. The summed E-state index contributed by atoms with van der Waals surface area (Å²) in [5.74, 6) is -0.247. The number of hydrogen-bond donors (Lipinski definition) is 2. The molecule has 0 aliphatic heterocycles. The molecule has 8 heteroatoms. The van der Waals surface area contributed by atoms with E-state index in [2.05, 4.69) is 25.7 Å². The molecule has 3 N–H and O–H groups in total. The number of nitrogens with two attached hydrogens (primary N) is 1. The largest absolute Gasteiger partial charge is 0.397 e. The van der Waals surface area contributed by atoms with Crippen LogP contribution < -0.4 is 11.1 Å². The number of hydrogen-bond acceptors (Lipinski definition) is 7. The van der Waals surface area contributed by atoms with Gasteiger partial charge in [0.2, 0.25) is 0 Å². The van der Waals surface area contributed by atoms with Gasteiger partial charge in [-0.1, -0.05) is 0 Å². The van der Waals surface area contributed by atoms with E-state index in [1.54, 1.807) is 18.3 Å². The third-order valence-corrected chi connectivity index (χ3v) is 4.49. The summed E-state index contributed by atoms with van der Waals surface area (Å²) < 4.78 is 0. The predicted molar refractivity (Wildman–Crippen MR) is 84.5 cm³/mol. The van der Waals surface area contributed by atoms with E-state index in [4.69, 9.17) is 5.73 Å². The number of aryl methyl sites for hydroxylation is 2. The van der Waals surface area contributed by atoms with Gasteiger partial charge in [-0.15, -0.1) is 16.4 Å². The molecule has 7 nitrogen and oxygen atoms in total. The molecule has 0 bridgehead atoms. The van der Waals surface area contributed by atoms with Crippen LogP contribution in [0.15, 0.2) is 18.3 Å². The van der Waals surface area contributed by atoms with Gasteiger partial charge in [0.05, 0.1) is 23.6 Å². The number of aromatic nitrogens is 4. The van der Waals surface area contributed by atoms with Gasteiger partial charge in [0, 0.05) is 11.6 Å². The molecule has 0 aliphatic rings. The van der Waals surface area contributed by atoms with Crippen LogP contribution in [0.2, 0.25) is 0 Å². The van der Waals surface area contributed by atoms with Crippen molar-refractivity contribution in [1.82, 2.24) is 25.7 Å². The molecule has 3 aromatic heterocycles. The molecular weight excluding hydrogens is 300 g/mol. The second-order valence-electron chi connectivity index (χ2n) is 4.83. The lowest BCUT2D eigenvalue weighted by Crippen LogP contribution is -2.23. The molecular formula is C14H14N6OS. The summed E-state index contributed by atoms with van der Waals surface area (Å²) in [4.78, 5) is 13.4. The van der Waals surface area contributed by atoms with E-state index in [-0.39, 0.29) is 5.91 Å². The van der Waals surface area contributed by atoms with Crippen LogP contribution in [0, 0.1) is 13.8 Å². The fourth-order valence-corrected chi connectivity index (χ4v) is 3.11. The van der Waals surface area contributed by atoms with Crippen LogP contribution in [0.4, 0.5) is 5.69 Å². The average molecular weight is 314 g/mol. The number of anilines is 1. The summed E-state index contributed by atoms with van der Waals surface area (Å²) >= 11 is 1.24. The number of carbonyl (C=O) groups is 1. The van der Waals surface area contributed by atoms with Crippen molar-refractivity contribution in [1.29, 1.82) is 0 Å². The molecule has 0 spiro atoms. The number of carbonyl (C=O) groups excluding carboxylic acids is 1. The van der Waals surface area contributed by atoms with Gasteiger partial charge in [0.1, 0.15) is 9.71 Å². The van der Waals surface area contributed by atoms with Crippen molar-refractivity contribution in [3.05, 3.63) is 40.2 Å². The molecule has 3 aromatic rings. The minimum atomic E-state index is -0.247. The Hall–Kier alpha value is -2.61. The summed E-state index contributed by atoms with van der Waals surface area (Å²) in [6.45, 7) is 4.09. The first-order valence-corrected chi connectivity index (χ1v) is 7.46. The van der Waals surface area contributed by atoms with Crippen molar-refractivity contribution >= 4 is 33.1 Å². The number of amides is 1. The Labute approximate surface area is 130 Å². The van der Waals surface area contributed by atoms with Crippen molar-refractivity contribution in [3.8, 4) is 0 Å². The number of nitrogens with zero attached hydrogens (tertiary/aromatic N) is 4. The van der Waals surface area contributed by atoms with Gasteiger partial charge in [0.15, 0.2) is 0 Å². The smallest absolute Gasteiger partial charge is 0.263 e. The lowest BCUT2D eigenvalue weighted by molar-refractivity contribution is 0.0955. The monoisotopic (exact) mass is 314 g/mol. The summed E-state index contributed by atoms with van der Waals surface area (Å²) in [5, 5.41) is 19.5. The number of rotatable bonds is 3. The van der Waals surface area contributed by atoms with Crippen LogP contribution in [0.5, 0.6) is 0 Å². The van der Waals surface area contributed by atoms with E-state index in [0.29, 0.717) is 27.6 Å². The Morgan fingerprint density at radius 1 is 1.32 bits per heavy atom. The van der Waals surface area contributed by atoms with Gasteiger partial charge >= 0.3 is 0 Å². The van der Waals surface area contributed by atoms with Crippen LogP contribution >= 0.6 is 11.3 Å². The molecule has 0 aromatic carbocycles. The predicted octanol–water partition coefficient (Wildman–Crippen LogP) is 1.61. The maximum absolute atomic E-state index is 12.3. The minimum absolute atomic E-state index is 0.247. The third kappa shape index (κ3) is 2.48. The van der Waals surface area contributed by atoms with E-state index in [1.165, 1.54) is 11.3 Å². The molecule has 0 atom stereocenters. The summed E-state index contributed by atoms with van der Waals surface area (Å²) in [5.41, 5.74) is 9.03. The Morgan fingerprint density at radius 3 is 2.86 bits per heavy atom. The number of nitrogen functional groups attached to an aromatic ring is 1. The van der Waals surface area contributed by atoms with Crippen molar-refractivity contribution in [2.45, 2.75) is 20.4 Å². The topological polar surface area (TPSA) is 107 Å². The van der Waals surface area contributed by atoms with Crippen LogP contribution in [0.25, 0.3) is 10.2 Å². The lowest BCUT2D eigenvalue weighted by atomic mass is 10.1. The first kappa shape index (κ1) is 14.3. The summed E-state index contributed by atoms with van der Waals surface area (Å²) in [7, 11) is 0. The van der Waals surface area contributed by atoms with E-state index < -0.39 is 0 Å². The zero-order chi connectivity index (χ0) is 15.7. The Bertz CT molecular complexity index is 845. The zero-order valence-electron chi connectivity index (χ0n) is 12.1. The number of thiophene rings is 1. The standard InChI is InChI=1S/C14H14N6OS/c1-7-8(2)18-20-14-10(7)11(15)12(22-14)13(21)16-6-9-4-3-5-17-19-9/h3-5H,6,15H2,1-2H3,(H,16,21). The highest BCUT2D eigenvalue weighted by atomic mass is 32.1. The molecule has 0 saturated heterocycles. The Morgan fingerprint density at radius 2 is 2.14 bits per heavy atom. The first-order chi connectivity index (χ1) is 10.6. The van der Waals surface area contributed by atoms with Gasteiger partial charge in [-0.3, -0.25) is 4.79 Å². The zero-order valence-corrected chi connectivity index (χ0v) is 12.9. The van der Waals surface area contributed by atoms with E-state index >= 15 is 0 Å². The van der Waals surface area contributed by atoms with Gasteiger partial charge in [0.25, 0.3) is 5.91 Å². The van der Waals surface area contributed by atoms with Crippen LogP contribution in [-0.2, 0) is 6.54 Å². The number of nitrogens with one attached hydrogen (secondary N) is 1. The molecule has 3 heterocycles. The van der Waals surface area contributed by atoms with Gasteiger partial charge in [-0.25, -0.2) is 0 Å². The molecule has 3 rings (SSSR count). The van der Waals surface area contributed by atoms with Gasteiger partial charge < -0.3 is 11.1 Å². The minimum Gasteiger partial charge on any atom is -0.397 e. The van der Waals surface area contributed by atoms with Gasteiger partial charge in [-0.2, -0.15) is 15.3 Å². The highest BCUT2D eigenvalue weighted by Crippen LogP contribution is 2.34. The maximum Gasteiger partial charge on any atom is 0.263 e. The highest BCUT2D eigenvalue weighted by Gasteiger charge is 2.19. The Kier molecular flexibility index (Phi) is 3.68. The fraction of sp³-hybridized carbons (Fsp3) is 0.214. The van der Waals surface area contributed by atoms with E-state index in [0.717, 1.165) is 16.6 Å². The SMILES string of the molecule is Cc1nnc2sc(C(=O)NCc3cccnn3)c(N)c2c1C. The molecule has 0 radical (unpaired) electrons. The molecule has 0 fully saturated rings. The van der Waals surface area contributed by atoms with Crippen molar-refractivity contribution < 1.29 is 4.79 Å². The third-order valence-electron chi connectivity index (χ3n) is 3.40. The molecule has 112 valence electrons.